The van der Waals surface area contributed by atoms with Crippen molar-refractivity contribution in [3.63, 3.8) is 0 Å². The van der Waals surface area contributed by atoms with Gasteiger partial charge in [0.05, 0.1) is 5.41 Å². The summed E-state index contributed by atoms with van der Waals surface area (Å²) in [5.74, 6) is 0. The van der Waals surface area contributed by atoms with Crippen LogP contribution in [0, 0.1) is 83.1 Å². The first-order valence-electron chi connectivity index (χ1n) is 22.5. The first kappa shape index (κ1) is 41.7. The highest BCUT2D eigenvalue weighted by atomic mass is 15.2. The summed E-state index contributed by atoms with van der Waals surface area (Å²) in [5, 5.41) is 0. The third-order valence-corrected chi connectivity index (χ3v) is 15.1. The molecule has 1 aliphatic rings. The summed E-state index contributed by atoms with van der Waals surface area (Å²) in [5.41, 5.74) is 29.8. The minimum Gasteiger partial charge on any atom is -0.310 e. The van der Waals surface area contributed by atoms with Crippen LogP contribution in [0.2, 0.25) is 0 Å². The lowest BCUT2D eigenvalue weighted by molar-refractivity contribution is 0.768. The minimum absolute atomic E-state index is 0.622. The smallest absolute Gasteiger partial charge is 0.0715 e. The Morgan fingerprint density at radius 1 is 0.286 bits per heavy atom. The largest absolute Gasteiger partial charge is 0.310 e. The summed E-state index contributed by atoms with van der Waals surface area (Å²) in [4.78, 5) is 5.04. The van der Waals surface area contributed by atoms with Gasteiger partial charge in [0.1, 0.15) is 0 Å². The molecule has 314 valence electrons. The van der Waals surface area contributed by atoms with Gasteiger partial charge in [0.25, 0.3) is 0 Å². The Bertz CT molecular complexity index is 2750. The van der Waals surface area contributed by atoms with Crippen LogP contribution >= 0.6 is 0 Å². The second kappa shape index (κ2) is 15.9. The minimum atomic E-state index is -0.622. The molecule has 0 saturated carbocycles. The molecule has 0 fully saturated rings. The van der Waals surface area contributed by atoms with E-state index in [1.54, 1.807) is 0 Å². The Morgan fingerprint density at radius 2 is 0.571 bits per heavy atom. The predicted octanol–water partition coefficient (Wildman–Crippen LogP) is 16.7. The maximum Gasteiger partial charge on any atom is 0.0715 e. The number of aryl methyl sites for hydroxylation is 4. The van der Waals surface area contributed by atoms with E-state index in [2.05, 4.69) is 238 Å². The molecule has 0 amide bonds. The molecule has 63 heavy (non-hydrogen) atoms. The lowest BCUT2D eigenvalue weighted by Crippen LogP contribution is -2.29. The summed E-state index contributed by atoms with van der Waals surface area (Å²) in [6.07, 6.45) is 0. The van der Waals surface area contributed by atoms with Gasteiger partial charge in [-0.3, -0.25) is 0 Å². The van der Waals surface area contributed by atoms with Gasteiger partial charge in [0, 0.05) is 34.1 Å². The highest BCUT2D eigenvalue weighted by molar-refractivity contribution is 5.93. The van der Waals surface area contributed by atoms with E-state index in [1.165, 1.54) is 123 Å². The molecule has 0 aliphatic heterocycles. The molecule has 1 aliphatic carbocycles. The zero-order valence-electron chi connectivity index (χ0n) is 39.3. The molecule has 0 bridgehead atoms. The Balaban J connectivity index is 1.37. The second-order valence-corrected chi connectivity index (χ2v) is 18.2. The molecule has 0 atom stereocenters. The van der Waals surface area contributed by atoms with Gasteiger partial charge in [0.2, 0.25) is 0 Å². The molecule has 0 N–H and O–H groups in total. The molecule has 9 rings (SSSR count). The summed E-state index contributed by atoms with van der Waals surface area (Å²) in [7, 11) is 0. The van der Waals surface area contributed by atoms with Crippen LogP contribution < -0.4 is 9.80 Å². The average Bonchev–Trinajstić information content (AvgIpc) is 3.59. The van der Waals surface area contributed by atoms with E-state index in [0.29, 0.717) is 0 Å². The van der Waals surface area contributed by atoms with Gasteiger partial charge in [-0.05, 0) is 232 Å². The lowest BCUT2D eigenvalue weighted by atomic mass is 9.67. The monoisotopic (exact) mass is 820 g/mol. The van der Waals surface area contributed by atoms with Crippen molar-refractivity contribution in [2.75, 3.05) is 9.80 Å². The lowest BCUT2D eigenvalue weighted by Gasteiger charge is -2.36. The van der Waals surface area contributed by atoms with Crippen LogP contribution in [0.1, 0.15) is 89.0 Å². The molecule has 0 saturated heterocycles. The average molecular weight is 821 g/mol. The van der Waals surface area contributed by atoms with Crippen LogP contribution in [0.4, 0.5) is 34.1 Å². The van der Waals surface area contributed by atoms with Crippen LogP contribution in [-0.2, 0) is 5.41 Å². The topological polar surface area (TPSA) is 6.48 Å². The molecule has 0 radical (unpaired) electrons. The summed E-state index contributed by atoms with van der Waals surface area (Å²) in [6.45, 7) is 27.0. The number of hydrogen-bond acceptors (Lipinski definition) is 2. The normalized spacial score (nSPS) is 12.6. The number of nitrogens with zero attached hydrogens (tertiary/aromatic N) is 2. The SMILES string of the molecule is Cc1ccc(N(c2ccc3c(c2)C(c2ccccc2)(c2ccccc2)c2cc(N(c4ccc(C)c(C)c4C)c4ccc(C)c(C)c4C)ccc2-3)c2ccc(C)c(C)c2C)c(C)c1C. The van der Waals surface area contributed by atoms with Crippen LogP contribution in [-0.4, -0.2) is 0 Å². The predicted molar refractivity (Wildman–Crippen MR) is 270 cm³/mol. The fourth-order valence-corrected chi connectivity index (χ4v) is 10.3. The molecule has 8 aromatic rings. The number of fused-ring (bicyclic) bond motifs is 3. The third-order valence-electron chi connectivity index (χ3n) is 15.1. The van der Waals surface area contributed by atoms with Crippen molar-refractivity contribution in [1.82, 2.24) is 0 Å². The molecule has 0 heterocycles. The third kappa shape index (κ3) is 6.53. The molecule has 0 spiro atoms. The van der Waals surface area contributed by atoms with Crippen LogP contribution in [0.15, 0.2) is 146 Å². The van der Waals surface area contributed by atoms with Gasteiger partial charge in [-0.25, -0.2) is 0 Å². The number of hydrogen-bond donors (Lipinski definition) is 0. The van der Waals surface area contributed by atoms with Gasteiger partial charge in [-0.1, -0.05) is 97.1 Å². The summed E-state index contributed by atoms with van der Waals surface area (Å²) < 4.78 is 0. The summed E-state index contributed by atoms with van der Waals surface area (Å²) in [6, 6.07) is 55.4. The van der Waals surface area contributed by atoms with Crippen molar-refractivity contribution in [3.05, 3.63) is 235 Å². The second-order valence-electron chi connectivity index (χ2n) is 18.2. The number of anilines is 6. The summed E-state index contributed by atoms with van der Waals surface area (Å²) >= 11 is 0. The Hall–Kier alpha value is -6.64. The van der Waals surface area contributed by atoms with Crippen LogP contribution in [0.5, 0.6) is 0 Å². The molecule has 0 unspecified atom stereocenters. The van der Waals surface area contributed by atoms with Crippen LogP contribution in [0.25, 0.3) is 11.1 Å². The van der Waals surface area contributed by atoms with Gasteiger partial charge >= 0.3 is 0 Å². The first-order valence-corrected chi connectivity index (χ1v) is 22.5. The van der Waals surface area contributed by atoms with Crippen LogP contribution in [0.3, 0.4) is 0 Å². The Morgan fingerprint density at radius 3 is 0.857 bits per heavy atom. The molecule has 8 aromatic carbocycles. The van der Waals surface area contributed by atoms with Crippen molar-refractivity contribution >= 4 is 34.1 Å². The zero-order valence-corrected chi connectivity index (χ0v) is 39.3. The molecule has 2 heteroatoms. The van der Waals surface area contributed by atoms with Gasteiger partial charge in [-0.2, -0.15) is 0 Å². The molecular formula is C61H60N2. The van der Waals surface area contributed by atoms with Gasteiger partial charge in [0.15, 0.2) is 0 Å². The van der Waals surface area contributed by atoms with Crippen molar-refractivity contribution < 1.29 is 0 Å². The fourth-order valence-electron chi connectivity index (χ4n) is 10.3. The van der Waals surface area contributed by atoms with E-state index in [-0.39, 0.29) is 0 Å². The van der Waals surface area contributed by atoms with E-state index in [0.717, 1.165) is 11.4 Å². The van der Waals surface area contributed by atoms with E-state index in [1.807, 2.05) is 0 Å². The van der Waals surface area contributed by atoms with Gasteiger partial charge < -0.3 is 9.80 Å². The van der Waals surface area contributed by atoms with E-state index in [4.69, 9.17) is 0 Å². The first-order chi connectivity index (χ1) is 30.2. The number of rotatable bonds is 8. The van der Waals surface area contributed by atoms with Crippen molar-refractivity contribution in [1.29, 1.82) is 0 Å². The maximum atomic E-state index is 2.52. The van der Waals surface area contributed by atoms with Gasteiger partial charge in [-0.15, -0.1) is 0 Å². The Labute approximate surface area is 376 Å². The highest BCUT2D eigenvalue weighted by Gasteiger charge is 2.47. The zero-order chi connectivity index (χ0) is 44.5. The highest BCUT2D eigenvalue weighted by Crippen LogP contribution is 2.59. The van der Waals surface area contributed by atoms with E-state index >= 15 is 0 Å². The number of benzene rings is 8. The standard InChI is InChI=1S/C61H60N2/c1-37-23-31-57(45(9)41(37)5)62(58-32-24-38(2)42(6)46(58)10)51-27-29-53-54-30-28-52(63(59-33-25-39(3)43(7)47(59)11)60-34-26-40(4)44(8)48(60)12)36-56(54)61(55(53)35-51,49-19-15-13-16-20-49)50-21-17-14-18-22-50/h13-36H,1-12H3. The van der Waals surface area contributed by atoms with Crippen molar-refractivity contribution in [2.24, 2.45) is 0 Å². The maximum absolute atomic E-state index is 2.52. The van der Waals surface area contributed by atoms with Crippen molar-refractivity contribution in [2.45, 2.75) is 88.5 Å². The molecule has 0 aromatic heterocycles. The molecular weight excluding hydrogens is 761 g/mol. The molecule has 2 nitrogen and oxygen atoms in total. The van der Waals surface area contributed by atoms with E-state index in [9.17, 15) is 0 Å². The Kier molecular flexibility index (Phi) is 10.5. The quantitative estimate of drug-likeness (QED) is 0.151. The fraction of sp³-hybridized carbons (Fsp3) is 0.213. The van der Waals surface area contributed by atoms with E-state index < -0.39 is 5.41 Å². The van der Waals surface area contributed by atoms with Crippen molar-refractivity contribution in [3.8, 4) is 11.1 Å².